The molecule has 0 amide bonds. The van der Waals surface area contributed by atoms with Crippen molar-refractivity contribution >= 4 is 32.8 Å². The first kappa shape index (κ1) is 27.7. The van der Waals surface area contributed by atoms with Gasteiger partial charge in [-0.15, -0.1) is 4.68 Å². The van der Waals surface area contributed by atoms with E-state index in [0.717, 1.165) is 61.6 Å². The maximum absolute atomic E-state index is 6.51. The SMILES string of the molecule is Cn1c2ccccc2n[n+]1-c1cccc(Oc2ccc3c4cc(C(C)(C)C)ccc4n(-c4ccc(-c5ccncc5)cn4)c3c2)c1. The minimum Gasteiger partial charge on any atom is -0.457 e. The summed E-state index contributed by atoms with van der Waals surface area (Å²) in [7, 11) is 2.01. The second kappa shape index (κ2) is 10.7. The Hall–Kier alpha value is -5.82. The van der Waals surface area contributed by atoms with Gasteiger partial charge >= 0.3 is 0 Å². The van der Waals surface area contributed by atoms with E-state index in [2.05, 4.69) is 78.9 Å². The fraction of sp³-hybridized carbons (Fsp3) is 0.128. The molecule has 0 atom stereocenters. The predicted octanol–water partition coefficient (Wildman–Crippen LogP) is 8.49. The Morgan fingerprint density at radius 2 is 1.50 bits per heavy atom. The quantitative estimate of drug-likeness (QED) is 0.186. The van der Waals surface area contributed by atoms with E-state index in [-0.39, 0.29) is 5.41 Å². The second-order valence-corrected chi connectivity index (χ2v) is 12.6. The number of para-hydroxylation sites is 1. The van der Waals surface area contributed by atoms with Gasteiger partial charge in [0.1, 0.15) is 22.8 Å². The Kier molecular flexibility index (Phi) is 6.42. The summed E-state index contributed by atoms with van der Waals surface area (Å²) in [6.07, 6.45) is 5.53. The van der Waals surface area contributed by atoms with Crippen molar-refractivity contribution < 1.29 is 9.53 Å². The molecule has 0 fully saturated rings. The molecule has 4 heterocycles. The number of aromatic nitrogens is 6. The van der Waals surface area contributed by atoms with Crippen LogP contribution in [0.3, 0.4) is 0 Å². The van der Waals surface area contributed by atoms with Gasteiger partial charge in [0, 0.05) is 57.0 Å². The van der Waals surface area contributed by atoms with Gasteiger partial charge in [-0.3, -0.25) is 9.55 Å². The molecule has 7 nitrogen and oxygen atoms in total. The van der Waals surface area contributed by atoms with Crippen LogP contribution in [-0.2, 0) is 12.5 Å². The fourth-order valence-corrected chi connectivity index (χ4v) is 6.14. The average molecular weight is 602 g/mol. The number of aryl methyl sites for hydroxylation is 1. The monoisotopic (exact) mass is 601 g/mol. The van der Waals surface area contributed by atoms with E-state index in [1.165, 1.54) is 10.9 Å². The molecule has 0 aliphatic heterocycles. The highest BCUT2D eigenvalue weighted by molar-refractivity contribution is 6.09. The number of ether oxygens (including phenoxy) is 1. The lowest BCUT2D eigenvalue weighted by Gasteiger charge is -2.19. The van der Waals surface area contributed by atoms with Gasteiger partial charge in [0.25, 0.3) is 5.69 Å². The number of rotatable bonds is 5. The molecule has 7 heteroatoms. The number of pyridine rings is 2. The highest BCUT2D eigenvalue weighted by Crippen LogP contribution is 2.37. The topological polar surface area (TPSA) is 61.6 Å². The van der Waals surface area contributed by atoms with Crippen LogP contribution in [0.1, 0.15) is 26.3 Å². The third-order valence-corrected chi connectivity index (χ3v) is 8.60. The molecule has 0 N–H and O–H groups in total. The third kappa shape index (κ3) is 4.77. The molecule has 0 saturated carbocycles. The van der Waals surface area contributed by atoms with E-state index >= 15 is 0 Å². The molecule has 0 aliphatic carbocycles. The predicted molar refractivity (Wildman–Crippen MR) is 183 cm³/mol. The van der Waals surface area contributed by atoms with Crippen LogP contribution >= 0.6 is 0 Å². The van der Waals surface area contributed by atoms with E-state index in [4.69, 9.17) is 14.8 Å². The summed E-state index contributed by atoms with van der Waals surface area (Å²) < 4.78 is 10.8. The first-order valence-electron chi connectivity index (χ1n) is 15.4. The lowest BCUT2D eigenvalue weighted by atomic mass is 9.86. The summed E-state index contributed by atoms with van der Waals surface area (Å²) in [5.41, 5.74) is 8.49. The summed E-state index contributed by atoms with van der Waals surface area (Å²) in [6, 6.07) is 37.4. The van der Waals surface area contributed by atoms with E-state index in [0.29, 0.717) is 0 Å². The first-order chi connectivity index (χ1) is 22.3. The van der Waals surface area contributed by atoms with Crippen molar-refractivity contribution in [1.29, 1.82) is 0 Å². The van der Waals surface area contributed by atoms with Gasteiger partial charge in [0.2, 0.25) is 0 Å². The minimum absolute atomic E-state index is 0.0260. The first-order valence-corrected chi connectivity index (χ1v) is 15.4. The number of hydrogen-bond acceptors (Lipinski definition) is 4. The maximum atomic E-state index is 6.51. The van der Waals surface area contributed by atoms with Crippen molar-refractivity contribution in [1.82, 2.24) is 24.3 Å². The number of nitrogens with zero attached hydrogens (tertiary/aromatic N) is 6. The van der Waals surface area contributed by atoms with Crippen molar-refractivity contribution in [2.45, 2.75) is 26.2 Å². The van der Waals surface area contributed by atoms with Crippen molar-refractivity contribution in [2.75, 3.05) is 0 Å². The molecule has 0 spiro atoms. The molecule has 0 bridgehead atoms. The molecule has 4 aromatic heterocycles. The standard InChI is InChI=1S/C39H33N6O/c1-39(2,3)28-13-16-35-33(22-28)32-15-14-31(24-37(32)44(35)38-17-12-27(25-41-38)26-18-20-40-21-19-26)46-30-9-7-8-29(23-30)45-42-34-10-5-6-11-36(34)43(45)4/h5-25H,1-4H3/q+1. The van der Waals surface area contributed by atoms with Crippen LogP contribution in [0.4, 0.5) is 0 Å². The molecular weight excluding hydrogens is 568 g/mol. The fourth-order valence-electron chi connectivity index (χ4n) is 6.14. The summed E-state index contributed by atoms with van der Waals surface area (Å²) >= 11 is 0. The van der Waals surface area contributed by atoms with Gasteiger partial charge in [-0.2, -0.15) is 0 Å². The van der Waals surface area contributed by atoms with Crippen LogP contribution in [-0.4, -0.2) is 24.3 Å². The maximum Gasteiger partial charge on any atom is 0.269 e. The van der Waals surface area contributed by atoms with E-state index in [1.54, 1.807) is 12.4 Å². The zero-order valence-electron chi connectivity index (χ0n) is 26.2. The smallest absolute Gasteiger partial charge is 0.269 e. The van der Waals surface area contributed by atoms with Gasteiger partial charge in [-0.25, -0.2) is 4.98 Å². The molecule has 0 aliphatic rings. The summed E-state index contributed by atoms with van der Waals surface area (Å²) in [4.78, 5) is 11.0. The van der Waals surface area contributed by atoms with Crippen LogP contribution in [0.15, 0.2) is 128 Å². The molecular formula is C39H33N6O+. The van der Waals surface area contributed by atoms with Crippen LogP contribution in [0.5, 0.6) is 11.5 Å². The summed E-state index contributed by atoms with van der Waals surface area (Å²) in [5, 5.41) is 7.14. The molecule has 0 unspecified atom stereocenters. The van der Waals surface area contributed by atoms with Crippen molar-refractivity contribution in [3.8, 4) is 34.1 Å². The summed E-state index contributed by atoms with van der Waals surface area (Å²) in [6.45, 7) is 6.75. The Balaban J connectivity index is 1.23. The van der Waals surface area contributed by atoms with Gasteiger partial charge in [-0.1, -0.05) is 45.0 Å². The number of hydrogen-bond donors (Lipinski definition) is 0. The van der Waals surface area contributed by atoms with Gasteiger partial charge in [0.05, 0.1) is 24.1 Å². The number of fused-ring (bicyclic) bond motifs is 4. The molecule has 46 heavy (non-hydrogen) atoms. The van der Waals surface area contributed by atoms with Gasteiger partial charge in [-0.05, 0) is 83.3 Å². The third-order valence-electron chi connectivity index (χ3n) is 8.60. The lowest BCUT2D eigenvalue weighted by molar-refractivity contribution is -0.735. The molecule has 8 aromatic rings. The number of benzene rings is 4. The van der Waals surface area contributed by atoms with Crippen LogP contribution in [0, 0.1) is 0 Å². The second-order valence-electron chi connectivity index (χ2n) is 12.6. The van der Waals surface area contributed by atoms with Gasteiger partial charge < -0.3 is 4.74 Å². The largest absolute Gasteiger partial charge is 0.457 e. The lowest BCUT2D eigenvalue weighted by Crippen LogP contribution is -2.41. The Morgan fingerprint density at radius 1 is 0.674 bits per heavy atom. The van der Waals surface area contributed by atoms with E-state index in [1.807, 2.05) is 83.4 Å². The Bertz CT molecular complexity index is 2380. The molecule has 4 aromatic carbocycles. The Labute approximate surface area is 267 Å². The van der Waals surface area contributed by atoms with Gasteiger partial charge in [0.15, 0.2) is 5.52 Å². The van der Waals surface area contributed by atoms with Crippen molar-refractivity contribution in [3.05, 3.63) is 133 Å². The molecule has 8 rings (SSSR count). The zero-order valence-corrected chi connectivity index (χ0v) is 26.2. The average Bonchev–Trinajstić information content (AvgIpc) is 3.59. The molecule has 0 saturated heterocycles. The van der Waals surface area contributed by atoms with Crippen LogP contribution in [0.25, 0.3) is 55.5 Å². The highest BCUT2D eigenvalue weighted by atomic mass is 16.5. The zero-order chi connectivity index (χ0) is 31.4. The normalized spacial score (nSPS) is 11.9. The molecule has 0 radical (unpaired) electrons. The van der Waals surface area contributed by atoms with E-state index in [9.17, 15) is 0 Å². The highest BCUT2D eigenvalue weighted by Gasteiger charge is 2.21. The minimum atomic E-state index is 0.0260. The summed E-state index contributed by atoms with van der Waals surface area (Å²) in [5.74, 6) is 2.32. The van der Waals surface area contributed by atoms with Crippen molar-refractivity contribution in [2.24, 2.45) is 7.05 Å². The molecule has 224 valence electrons. The van der Waals surface area contributed by atoms with Crippen LogP contribution in [0.2, 0.25) is 0 Å². The Morgan fingerprint density at radius 3 is 2.28 bits per heavy atom. The van der Waals surface area contributed by atoms with Crippen molar-refractivity contribution in [3.63, 3.8) is 0 Å². The van der Waals surface area contributed by atoms with E-state index < -0.39 is 0 Å². The van der Waals surface area contributed by atoms with Crippen LogP contribution < -0.4 is 9.53 Å².